The van der Waals surface area contributed by atoms with Crippen LogP contribution in [0.1, 0.15) is 11.1 Å². The minimum atomic E-state index is -1.02. The third-order valence-electron chi connectivity index (χ3n) is 5.79. The van der Waals surface area contributed by atoms with E-state index in [0.717, 1.165) is 10.1 Å². The van der Waals surface area contributed by atoms with Crippen LogP contribution >= 0.6 is 0 Å². The van der Waals surface area contributed by atoms with Gasteiger partial charge in [-0.2, -0.15) is 10.1 Å². The molecule has 12 heteroatoms. The molecule has 3 N–H and O–H groups in total. The molecule has 0 radical (unpaired) electrons. The van der Waals surface area contributed by atoms with E-state index in [1.165, 1.54) is 36.6 Å². The second kappa shape index (κ2) is 10.6. The first-order valence-corrected chi connectivity index (χ1v) is 11.4. The molecule has 0 fully saturated rings. The zero-order valence-electron chi connectivity index (χ0n) is 20.9. The Morgan fingerprint density at radius 3 is 2.65 bits per heavy atom. The number of phenols is 1. The van der Waals surface area contributed by atoms with Crippen LogP contribution in [-0.2, 0) is 20.6 Å². The number of benzene rings is 2. The van der Waals surface area contributed by atoms with Gasteiger partial charge in [-0.25, -0.2) is 10.2 Å². The molecule has 2 heterocycles. The van der Waals surface area contributed by atoms with Crippen LogP contribution in [0.2, 0.25) is 0 Å². The van der Waals surface area contributed by atoms with E-state index in [-0.39, 0.29) is 41.8 Å². The zero-order valence-corrected chi connectivity index (χ0v) is 20.9. The van der Waals surface area contributed by atoms with Crippen LogP contribution in [0.5, 0.6) is 17.2 Å². The number of rotatable bonds is 9. The van der Waals surface area contributed by atoms with Crippen LogP contribution in [-0.4, -0.2) is 54.9 Å². The Labute approximate surface area is 211 Å². The predicted octanol–water partition coefficient (Wildman–Crippen LogP) is 1.34. The van der Waals surface area contributed by atoms with E-state index in [1.54, 1.807) is 24.3 Å². The van der Waals surface area contributed by atoms with Gasteiger partial charge in [0.15, 0.2) is 22.7 Å². The Hall–Kier alpha value is -4.58. The Bertz CT molecular complexity index is 1590. The predicted molar refractivity (Wildman–Crippen MR) is 139 cm³/mol. The van der Waals surface area contributed by atoms with Crippen LogP contribution in [0.25, 0.3) is 11.2 Å². The van der Waals surface area contributed by atoms with Gasteiger partial charge in [0.25, 0.3) is 5.56 Å². The normalized spacial score (nSPS) is 12.2. The monoisotopic (exact) mass is 508 g/mol. The van der Waals surface area contributed by atoms with E-state index >= 15 is 0 Å². The first-order chi connectivity index (χ1) is 17.7. The second-order valence-electron chi connectivity index (χ2n) is 8.47. The molecular weight excluding hydrogens is 480 g/mol. The third-order valence-corrected chi connectivity index (χ3v) is 5.79. The minimum absolute atomic E-state index is 0.0460. The van der Waals surface area contributed by atoms with E-state index < -0.39 is 17.4 Å². The lowest BCUT2D eigenvalue weighted by molar-refractivity contribution is 0.0938. The molecule has 4 aromatic rings. The maximum atomic E-state index is 13.0. The second-order valence-corrected chi connectivity index (χ2v) is 8.47. The Morgan fingerprint density at radius 2 is 1.92 bits per heavy atom. The highest BCUT2D eigenvalue weighted by Crippen LogP contribution is 2.28. The number of anilines is 1. The molecule has 2 aromatic heterocycles. The Morgan fingerprint density at radius 1 is 1.16 bits per heavy atom. The fourth-order valence-corrected chi connectivity index (χ4v) is 3.84. The highest BCUT2D eigenvalue weighted by molar-refractivity contribution is 5.85. The lowest BCUT2D eigenvalue weighted by Gasteiger charge is -2.15. The molecule has 1 atom stereocenters. The number of fused-ring (bicyclic) bond motifs is 1. The molecular formula is C25H28N6O6. The molecule has 37 heavy (non-hydrogen) atoms. The lowest BCUT2D eigenvalue weighted by Crippen LogP contribution is -2.38. The van der Waals surface area contributed by atoms with Crippen molar-refractivity contribution in [3.05, 3.63) is 74.4 Å². The van der Waals surface area contributed by atoms with Crippen molar-refractivity contribution in [1.82, 2.24) is 18.7 Å². The average molecular weight is 509 g/mol. The number of aliphatic hydroxyl groups excluding tert-OH is 1. The SMILES string of the molecule is COc1cccc(/C=N/Nc2nc3c(c(=O)n(C)c(=O)n3C)n2CC(O)COc2cccc(C)c2)c1O. The summed E-state index contributed by atoms with van der Waals surface area (Å²) in [5.74, 6) is 0.908. The van der Waals surface area contributed by atoms with Crippen LogP contribution in [0.15, 0.2) is 57.2 Å². The Balaban J connectivity index is 1.67. The van der Waals surface area contributed by atoms with Gasteiger partial charge in [-0.15, -0.1) is 0 Å². The van der Waals surface area contributed by atoms with Gasteiger partial charge in [0.05, 0.1) is 19.9 Å². The molecule has 0 aliphatic heterocycles. The summed E-state index contributed by atoms with van der Waals surface area (Å²) >= 11 is 0. The fraction of sp³-hybridized carbons (Fsp3) is 0.280. The zero-order chi connectivity index (χ0) is 26.7. The summed E-state index contributed by atoms with van der Waals surface area (Å²) in [5.41, 5.74) is 3.28. The fourth-order valence-electron chi connectivity index (χ4n) is 3.84. The van der Waals surface area contributed by atoms with Gasteiger partial charge in [-0.1, -0.05) is 18.2 Å². The highest BCUT2D eigenvalue weighted by Gasteiger charge is 2.21. The van der Waals surface area contributed by atoms with E-state index in [1.807, 2.05) is 25.1 Å². The summed E-state index contributed by atoms with van der Waals surface area (Å²) < 4.78 is 14.5. The summed E-state index contributed by atoms with van der Waals surface area (Å²) in [7, 11) is 4.31. The van der Waals surface area contributed by atoms with Crippen LogP contribution in [0, 0.1) is 6.92 Å². The van der Waals surface area contributed by atoms with Gasteiger partial charge in [-0.05, 0) is 36.8 Å². The van der Waals surface area contributed by atoms with Gasteiger partial charge in [0, 0.05) is 19.7 Å². The maximum Gasteiger partial charge on any atom is 0.332 e. The van der Waals surface area contributed by atoms with E-state index in [9.17, 15) is 19.8 Å². The molecule has 2 aromatic carbocycles. The van der Waals surface area contributed by atoms with E-state index in [0.29, 0.717) is 11.3 Å². The van der Waals surface area contributed by atoms with Crippen molar-refractivity contribution in [2.45, 2.75) is 19.6 Å². The molecule has 12 nitrogen and oxygen atoms in total. The number of ether oxygens (including phenoxy) is 2. The molecule has 0 bridgehead atoms. The number of hydrogen-bond donors (Lipinski definition) is 3. The van der Waals surface area contributed by atoms with Crippen molar-refractivity contribution in [2.24, 2.45) is 19.2 Å². The molecule has 0 spiro atoms. The van der Waals surface area contributed by atoms with Crippen molar-refractivity contribution in [3.8, 4) is 17.2 Å². The number of nitrogens with zero attached hydrogens (tertiary/aromatic N) is 5. The summed E-state index contributed by atoms with van der Waals surface area (Å²) in [6.45, 7) is 1.82. The molecule has 1 unspecified atom stereocenters. The quantitative estimate of drug-likeness (QED) is 0.227. The van der Waals surface area contributed by atoms with Crippen molar-refractivity contribution >= 4 is 23.3 Å². The topological polar surface area (TPSA) is 145 Å². The summed E-state index contributed by atoms with van der Waals surface area (Å²) in [6.07, 6.45) is 0.336. The van der Waals surface area contributed by atoms with Gasteiger partial charge in [0.2, 0.25) is 5.95 Å². The molecule has 0 saturated heterocycles. The molecule has 0 amide bonds. The first kappa shape index (κ1) is 25.5. The molecule has 0 aliphatic rings. The molecule has 194 valence electrons. The summed E-state index contributed by atoms with van der Waals surface area (Å²) in [6, 6.07) is 12.4. The number of phenolic OH excluding ortho intramolecular Hbond substituents is 1. The van der Waals surface area contributed by atoms with Crippen molar-refractivity contribution < 1.29 is 19.7 Å². The number of aryl methyl sites for hydroxylation is 2. The molecule has 0 saturated carbocycles. The number of nitrogens with one attached hydrogen (secondary N) is 1. The maximum absolute atomic E-state index is 13.0. The van der Waals surface area contributed by atoms with Crippen LogP contribution < -0.4 is 26.1 Å². The number of imidazole rings is 1. The number of para-hydroxylation sites is 1. The van der Waals surface area contributed by atoms with Crippen molar-refractivity contribution in [3.63, 3.8) is 0 Å². The van der Waals surface area contributed by atoms with E-state index in [4.69, 9.17) is 9.47 Å². The van der Waals surface area contributed by atoms with Gasteiger partial charge in [-0.3, -0.25) is 13.9 Å². The number of aliphatic hydroxyl groups is 1. The van der Waals surface area contributed by atoms with Gasteiger partial charge >= 0.3 is 5.69 Å². The summed E-state index contributed by atoms with van der Waals surface area (Å²) in [4.78, 5) is 29.8. The third kappa shape index (κ3) is 5.19. The number of aromatic nitrogens is 4. The molecule has 4 rings (SSSR count). The smallest absolute Gasteiger partial charge is 0.332 e. The minimum Gasteiger partial charge on any atom is -0.504 e. The van der Waals surface area contributed by atoms with Crippen molar-refractivity contribution in [1.29, 1.82) is 0 Å². The standard InChI is InChI=1S/C25H28N6O6/c1-15-7-5-9-18(11-15)37-14-17(32)13-31-20-22(29(2)25(35)30(3)23(20)34)27-24(31)28-26-12-16-8-6-10-19(36-4)21(16)33/h5-12,17,32-33H,13-14H2,1-4H3,(H,27,28)/b26-12+. The summed E-state index contributed by atoms with van der Waals surface area (Å²) in [5, 5.41) is 25.2. The van der Waals surface area contributed by atoms with Gasteiger partial charge < -0.3 is 24.3 Å². The Kier molecular flexibility index (Phi) is 7.30. The van der Waals surface area contributed by atoms with Crippen LogP contribution in [0.3, 0.4) is 0 Å². The number of hydrazone groups is 1. The number of hydrogen-bond acceptors (Lipinski definition) is 9. The number of methoxy groups -OCH3 is 1. The first-order valence-electron chi connectivity index (χ1n) is 11.4. The van der Waals surface area contributed by atoms with Crippen molar-refractivity contribution in [2.75, 3.05) is 19.1 Å². The highest BCUT2D eigenvalue weighted by atomic mass is 16.5. The number of aromatic hydroxyl groups is 1. The molecule has 0 aliphatic carbocycles. The van der Waals surface area contributed by atoms with Gasteiger partial charge in [0.1, 0.15) is 18.5 Å². The largest absolute Gasteiger partial charge is 0.504 e. The average Bonchev–Trinajstić information content (AvgIpc) is 3.24. The van der Waals surface area contributed by atoms with Crippen LogP contribution in [0.4, 0.5) is 5.95 Å². The van der Waals surface area contributed by atoms with E-state index in [2.05, 4.69) is 15.5 Å². The lowest BCUT2D eigenvalue weighted by atomic mass is 10.2.